The number of aryl methyl sites for hydroxylation is 1. The third kappa shape index (κ3) is 2.79. The molecule has 1 N–H and O–H groups in total. The second-order valence-electron chi connectivity index (χ2n) is 5.66. The first-order valence-corrected chi connectivity index (χ1v) is 7.92. The maximum atomic E-state index is 12.9. The molecule has 0 spiro atoms. The molecule has 3 aromatic heterocycles. The Morgan fingerprint density at radius 3 is 2.69 bits per heavy atom. The van der Waals surface area contributed by atoms with Gasteiger partial charge in [0.2, 0.25) is 0 Å². The van der Waals surface area contributed by atoms with E-state index >= 15 is 0 Å². The molecule has 0 saturated carbocycles. The minimum Gasteiger partial charge on any atom is -0.497 e. The number of methoxy groups -OCH3 is 1. The van der Waals surface area contributed by atoms with Crippen LogP contribution in [-0.2, 0) is 0 Å². The van der Waals surface area contributed by atoms with Gasteiger partial charge in [0.25, 0.3) is 11.6 Å². The van der Waals surface area contributed by atoms with Crippen molar-refractivity contribution < 1.29 is 18.5 Å². The number of carbonyl (C=O) groups is 1. The lowest BCUT2D eigenvalue weighted by Gasteiger charge is -2.08. The number of benzene rings is 1. The Bertz CT molecular complexity index is 1070. The van der Waals surface area contributed by atoms with Gasteiger partial charge in [0.05, 0.1) is 30.0 Å². The Morgan fingerprint density at radius 2 is 2.00 bits per heavy atom. The zero-order chi connectivity index (χ0) is 18.1. The Hall–Kier alpha value is -3.61. The largest absolute Gasteiger partial charge is 0.497 e. The molecule has 1 aromatic carbocycles. The van der Waals surface area contributed by atoms with Gasteiger partial charge in [0, 0.05) is 5.69 Å². The number of hydrogen-bond donors (Lipinski definition) is 1. The minimum absolute atomic E-state index is 0.288. The molecule has 0 aliphatic carbocycles. The second-order valence-corrected chi connectivity index (χ2v) is 5.66. The van der Waals surface area contributed by atoms with Gasteiger partial charge in [-0.15, -0.1) is 0 Å². The minimum atomic E-state index is -0.290. The van der Waals surface area contributed by atoms with E-state index in [1.54, 1.807) is 62.8 Å². The van der Waals surface area contributed by atoms with Gasteiger partial charge >= 0.3 is 0 Å². The summed E-state index contributed by atoms with van der Waals surface area (Å²) >= 11 is 0. The van der Waals surface area contributed by atoms with Crippen LogP contribution in [-0.4, -0.2) is 23.2 Å². The van der Waals surface area contributed by atoms with Crippen molar-refractivity contribution in [2.24, 2.45) is 0 Å². The first kappa shape index (κ1) is 15.9. The van der Waals surface area contributed by atoms with E-state index in [0.717, 1.165) is 0 Å². The molecular weight excluding hydrogens is 334 g/mol. The van der Waals surface area contributed by atoms with Gasteiger partial charge in [-0.3, -0.25) is 4.79 Å². The molecule has 0 aliphatic heterocycles. The summed E-state index contributed by atoms with van der Waals surface area (Å²) in [5, 5.41) is 7.37. The van der Waals surface area contributed by atoms with E-state index in [1.165, 1.54) is 0 Å². The van der Waals surface area contributed by atoms with E-state index in [0.29, 0.717) is 39.5 Å². The van der Waals surface area contributed by atoms with Crippen LogP contribution in [0.3, 0.4) is 0 Å². The van der Waals surface area contributed by atoms with Crippen molar-refractivity contribution in [3.05, 3.63) is 60.0 Å². The highest BCUT2D eigenvalue weighted by atomic mass is 16.5. The van der Waals surface area contributed by atoms with Crippen LogP contribution < -0.4 is 10.1 Å². The van der Waals surface area contributed by atoms with E-state index < -0.39 is 0 Å². The summed E-state index contributed by atoms with van der Waals surface area (Å²) in [6.07, 6.45) is 1.55. The zero-order valence-electron chi connectivity index (χ0n) is 14.1. The molecule has 0 atom stereocenters. The lowest BCUT2D eigenvalue weighted by atomic mass is 10.1. The number of hydrogen-bond acceptors (Lipinski definition) is 6. The Balaban J connectivity index is 1.75. The quantitative estimate of drug-likeness (QED) is 0.598. The molecule has 7 heteroatoms. The molecule has 0 fully saturated rings. The smallest absolute Gasteiger partial charge is 0.259 e. The molecule has 0 unspecified atom stereocenters. The summed E-state index contributed by atoms with van der Waals surface area (Å²) in [5.41, 5.74) is 2.44. The number of rotatable bonds is 4. The van der Waals surface area contributed by atoms with E-state index in [9.17, 15) is 4.79 Å². The molecular formula is C19H15N3O4. The number of ether oxygens (including phenoxy) is 1. The van der Waals surface area contributed by atoms with Crippen molar-refractivity contribution in [1.29, 1.82) is 0 Å². The topological polar surface area (TPSA) is 90.4 Å². The van der Waals surface area contributed by atoms with E-state index in [-0.39, 0.29) is 11.6 Å². The monoisotopic (exact) mass is 349 g/mol. The first-order valence-electron chi connectivity index (χ1n) is 7.92. The molecule has 3 heterocycles. The van der Waals surface area contributed by atoms with Crippen molar-refractivity contribution in [1.82, 2.24) is 10.1 Å². The Labute approximate surface area is 148 Å². The summed E-state index contributed by atoms with van der Waals surface area (Å²) in [6, 6.07) is 12.3. The summed E-state index contributed by atoms with van der Waals surface area (Å²) in [6.45, 7) is 1.77. The normalized spacial score (nSPS) is 10.8. The third-order valence-corrected chi connectivity index (χ3v) is 3.98. The summed E-state index contributed by atoms with van der Waals surface area (Å²) in [7, 11) is 1.59. The standard InChI is InChI=1S/C19H15N3O4/c1-11-17-14(18(23)20-12-5-7-13(24-2)8-6-12)10-15(16-4-3-9-25-16)21-19(17)26-22-11/h3-10H,1-2H3,(H,20,23). The number of furan rings is 1. The number of carbonyl (C=O) groups excluding carboxylic acids is 1. The van der Waals surface area contributed by atoms with Crippen LogP contribution in [0.5, 0.6) is 5.75 Å². The number of amides is 1. The number of aromatic nitrogens is 2. The van der Waals surface area contributed by atoms with Gasteiger partial charge in [0.15, 0.2) is 5.76 Å². The average Bonchev–Trinajstić information content (AvgIpc) is 3.32. The van der Waals surface area contributed by atoms with E-state index in [2.05, 4.69) is 15.5 Å². The highest BCUT2D eigenvalue weighted by Gasteiger charge is 2.20. The fourth-order valence-electron chi connectivity index (χ4n) is 2.70. The SMILES string of the molecule is COc1ccc(NC(=O)c2cc(-c3ccco3)nc3onc(C)c23)cc1. The molecule has 26 heavy (non-hydrogen) atoms. The number of pyridine rings is 1. The number of anilines is 1. The van der Waals surface area contributed by atoms with Crippen molar-refractivity contribution in [2.75, 3.05) is 12.4 Å². The Kier molecular flexibility index (Phi) is 3.89. The first-order chi connectivity index (χ1) is 12.7. The highest BCUT2D eigenvalue weighted by molar-refractivity contribution is 6.12. The molecule has 0 bridgehead atoms. The van der Waals surface area contributed by atoms with Crippen LogP contribution in [0.25, 0.3) is 22.6 Å². The molecule has 0 radical (unpaired) electrons. The van der Waals surface area contributed by atoms with Crippen molar-refractivity contribution in [3.63, 3.8) is 0 Å². The van der Waals surface area contributed by atoms with Crippen LogP contribution in [0.15, 0.2) is 57.7 Å². The van der Waals surface area contributed by atoms with Gasteiger partial charge in [-0.1, -0.05) is 5.16 Å². The molecule has 130 valence electrons. The van der Waals surface area contributed by atoms with Crippen LogP contribution in [0.1, 0.15) is 16.1 Å². The number of nitrogens with zero attached hydrogens (tertiary/aromatic N) is 2. The van der Waals surface area contributed by atoms with Crippen molar-refractivity contribution in [2.45, 2.75) is 6.92 Å². The number of nitrogens with one attached hydrogen (secondary N) is 1. The summed E-state index contributed by atoms with van der Waals surface area (Å²) in [4.78, 5) is 17.3. The molecule has 4 rings (SSSR count). The highest BCUT2D eigenvalue weighted by Crippen LogP contribution is 2.28. The zero-order valence-corrected chi connectivity index (χ0v) is 14.1. The summed E-state index contributed by atoms with van der Waals surface area (Å²) in [5.74, 6) is 0.963. The Morgan fingerprint density at radius 1 is 1.19 bits per heavy atom. The molecule has 0 saturated heterocycles. The van der Waals surface area contributed by atoms with E-state index in [1.807, 2.05) is 0 Å². The maximum absolute atomic E-state index is 12.9. The van der Waals surface area contributed by atoms with Crippen LogP contribution >= 0.6 is 0 Å². The van der Waals surface area contributed by atoms with Crippen molar-refractivity contribution in [3.8, 4) is 17.2 Å². The van der Waals surface area contributed by atoms with Gasteiger partial charge in [0.1, 0.15) is 11.4 Å². The van der Waals surface area contributed by atoms with Crippen molar-refractivity contribution >= 4 is 22.7 Å². The molecule has 4 aromatic rings. The fraction of sp³-hybridized carbons (Fsp3) is 0.105. The predicted octanol–water partition coefficient (Wildman–Crippen LogP) is 4.05. The number of fused-ring (bicyclic) bond motifs is 1. The van der Waals surface area contributed by atoms with Crippen LogP contribution in [0, 0.1) is 6.92 Å². The van der Waals surface area contributed by atoms with Crippen LogP contribution in [0.2, 0.25) is 0 Å². The molecule has 7 nitrogen and oxygen atoms in total. The lowest BCUT2D eigenvalue weighted by Crippen LogP contribution is -2.13. The average molecular weight is 349 g/mol. The van der Waals surface area contributed by atoms with Gasteiger partial charge in [-0.05, 0) is 49.4 Å². The fourth-order valence-corrected chi connectivity index (χ4v) is 2.70. The molecule has 1 amide bonds. The second kappa shape index (κ2) is 6.36. The predicted molar refractivity (Wildman–Crippen MR) is 95.2 cm³/mol. The van der Waals surface area contributed by atoms with Crippen LogP contribution in [0.4, 0.5) is 5.69 Å². The maximum Gasteiger partial charge on any atom is 0.259 e. The molecule has 0 aliphatic rings. The summed E-state index contributed by atoms with van der Waals surface area (Å²) < 4.78 is 15.8. The lowest BCUT2D eigenvalue weighted by molar-refractivity contribution is 0.102. The van der Waals surface area contributed by atoms with E-state index in [4.69, 9.17) is 13.7 Å². The van der Waals surface area contributed by atoms with Gasteiger partial charge < -0.3 is 19.0 Å². The van der Waals surface area contributed by atoms with Gasteiger partial charge in [-0.25, -0.2) is 4.98 Å². The third-order valence-electron chi connectivity index (χ3n) is 3.98. The van der Waals surface area contributed by atoms with Gasteiger partial charge in [-0.2, -0.15) is 0 Å².